The van der Waals surface area contributed by atoms with Crippen LogP contribution in [0.15, 0.2) is 48.0 Å². The SMILES string of the molecule is COc1ccc(-c2csc(/C(C#N)=C/Nc3cc(OC)c(OC)cc3C(C)=O)n2)cc1. The molecule has 3 rings (SSSR count). The first-order chi connectivity index (χ1) is 15.0. The van der Waals surface area contributed by atoms with E-state index in [4.69, 9.17) is 14.2 Å². The minimum absolute atomic E-state index is 0.147. The van der Waals surface area contributed by atoms with E-state index >= 15 is 0 Å². The molecule has 1 heterocycles. The molecule has 1 N–H and O–H groups in total. The second-order valence-electron chi connectivity index (χ2n) is 6.39. The van der Waals surface area contributed by atoms with Crippen LogP contribution < -0.4 is 19.5 Å². The van der Waals surface area contributed by atoms with Gasteiger partial charge in [0.05, 0.1) is 32.7 Å². The monoisotopic (exact) mass is 435 g/mol. The highest BCUT2D eigenvalue weighted by Gasteiger charge is 2.15. The number of nitrogens with one attached hydrogen (secondary N) is 1. The number of anilines is 1. The normalized spacial score (nSPS) is 10.9. The number of allylic oxidation sites excluding steroid dienone is 1. The maximum atomic E-state index is 12.1. The molecule has 2 aromatic carbocycles. The molecule has 3 aromatic rings. The Morgan fingerprint density at radius 1 is 1.10 bits per heavy atom. The number of aromatic nitrogens is 1. The Labute approximate surface area is 184 Å². The Bertz CT molecular complexity index is 1160. The number of carbonyl (C=O) groups is 1. The molecular formula is C23H21N3O4S. The van der Waals surface area contributed by atoms with Gasteiger partial charge in [-0.1, -0.05) is 0 Å². The number of hydrogen-bond acceptors (Lipinski definition) is 8. The van der Waals surface area contributed by atoms with Crippen LogP contribution in [-0.2, 0) is 0 Å². The van der Waals surface area contributed by atoms with Crippen molar-refractivity contribution in [2.24, 2.45) is 0 Å². The summed E-state index contributed by atoms with van der Waals surface area (Å²) in [6, 6.07) is 13.0. The first kappa shape index (κ1) is 21.9. The molecular weight excluding hydrogens is 414 g/mol. The van der Waals surface area contributed by atoms with Crippen molar-refractivity contribution >= 4 is 28.4 Å². The lowest BCUT2D eigenvalue weighted by Gasteiger charge is -2.13. The fourth-order valence-corrected chi connectivity index (χ4v) is 3.67. The van der Waals surface area contributed by atoms with Crippen LogP contribution in [0.5, 0.6) is 17.2 Å². The second-order valence-corrected chi connectivity index (χ2v) is 7.25. The molecule has 0 aliphatic rings. The Morgan fingerprint density at radius 2 is 1.77 bits per heavy atom. The summed E-state index contributed by atoms with van der Waals surface area (Å²) in [4.78, 5) is 16.7. The van der Waals surface area contributed by atoms with Gasteiger partial charge in [-0.2, -0.15) is 5.26 Å². The Balaban J connectivity index is 1.90. The van der Waals surface area contributed by atoms with Crippen molar-refractivity contribution in [3.63, 3.8) is 0 Å². The van der Waals surface area contributed by atoms with E-state index in [0.717, 1.165) is 17.0 Å². The third kappa shape index (κ3) is 4.85. The standard InChI is InChI=1S/C23H21N3O4S/c1-14(27)18-9-21(29-3)22(30-4)10-19(18)25-12-16(11-24)23-26-20(13-31-23)15-5-7-17(28-2)8-6-15/h5-10,12-13,25H,1-4H3/b16-12+. The van der Waals surface area contributed by atoms with Gasteiger partial charge in [0.2, 0.25) is 0 Å². The molecule has 0 aliphatic carbocycles. The van der Waals surface area contributed by atoms with Gasteiger partial charge in [-0.3, -0.25) is 4.79 Å². The summed E-state index contributed by atoms with van der Waals surface area (Å²) in [5.74, 6) is 1.54. The number of thiazole rings is 1. The maximum absolute atomic E-state index is 12.1. The van der Waals surface area contributed by atoms with Gasteiger partial charge in [0, 0.05) is 28.8 Å². The van der Waals surface area contributed by atoms with Gasteiger partial charge in [0.25, 0.3) is 0 Å². The van der Waals surface area contributed by atoms with E-state index < -0.39 is 0 Å². The van der Waals surface area contributed by atoms with Gasteiger partial charge in [0.1, 0.15) is 22.4 Å². The van der Waals surface area contributed by atoms with Crippen molar-refractivity contribution in [3.8, 4) is 34.6 Å². The fraction of sp³-hybridized carbons (Fsp3) is 0.174. The average molecular weight is 436 g/mol. The lowest BCUT2D eigenvalue weighted by Crippen LogP contribution is -2.03. The predicted molar refractivity (Wildman–Crippen MR) is 121 cm³/mol. The zero-order valence-corrected chi connectivity index (χ0v) is 18.4. The fourth-order valence-electron chi connectivity index (χ4n) is 2.87. The highest BCUT2D eigenvalue weighted by molar-refractivity contribution is 7.11. The smallest absolute Gasteiger partial charge is 0.162 e. The number of nitriles is 1. The molecule has 0 saturated carbocycles. The van der Waals surface area contributed by atoms with E-state index in [9.17, 15) is 10.1 Å². The molecule has 7 nitrogen and oxygen atoms in total. The minimum atomic E-state index is -0.147. The van der Waals surface area contributed by atoms with Crippen molar-refractivity contribution in [2.45, 2.75) is 6.92 Å². The third-order valence-electron chi connectivity index (χ3n) is 4.52. The zero-order chi connectivity index (χ0) is 22.4. The van der Waals surface area contributed by atoms with Crippen LogP contribution in [-0.4, -0.2) is 32.1 Å². The van der Waals surface area contributed by atoms with Crippen molar-refractivity contribution in [3.05, 3.63) is 58.5 Å². The average Bonchev–Trinajstić information content (AvgIpc) is 3.29. The Hall–Kier alpha value is -3.83. The topological polar surface area (TPSA) is 93.5 Å². The Morgan fingerprint density at radius 3 is 2.35 bits per heavy atom. The van der Waals surface area contributed by atoms with Crippen LogP contribution in [0.25, 0.3) is 16.8 Å². The van der Waals surface area contributed by atoms with Crippen LogP contribution >= 0.6 is 11.3 Å². The molecule has 0 amide bonds. The predicted octanol–water partition coefficient (Wildman–Crippen LogP) is 5.02. The zero-order valence-electron chi connectivity index (χ0n) is 17.6. The molecule has 0 bridgehead atoms. The second kappa shape index (κ2) is 9.78. The summed E-state index contributed by atoms with van der Waals surface area (Å²) in [6.07, 6.45) is 1.53. The number of Topliss-reactive ketones (excluding diaryl/α,β-unsaturated/α-hetero) is 1. The number of nitrogens with zero attached hydrogens (tertiary/aromatic N) is 2. The molecule has 0 saturated heterocycles. The number of ketones is 1. The highest BCUT2D eigenvalue weighted by Crippen LogP contribution is 2.34. The third-order valence-corrected chi connectivity index (χ3v) is 5.39. The van der Waals surface area contributed by atoms with E-state index in [2.05, 4.69) is 16.4 Å². The first-order valence-corrected chi connectivity index (χ1v) is 10.1. The van der Waals surface area contributed by atoms with E-state index in [1.165, 1.54) is 38.7 Å². The van der Waals surface area contributed by atoms with E-state index in [0.29, 0.717) is 33.3 Å². The lowest BCUT2D eigenvalue weighted by atomic mass is 10.1. The van der Waals surface area contributed by atoms with Gasteiger partial charge in [-0.25, -0.2) is 4.98 Å². The molecule has 8 heteroatoms. The van der Waals surface area contributed by atoms with Crippen LogP contribution in [0.2, 0.25) is 0 Å². The van der Waals surface area contributed by atoms with Crippen molar-refractivity contribution in [1.82, 2.24) is 4.98 Å². The lowest BCUT2D eigenvalue weighted by molar-refractivity contribution is 0.101. The maximum Gasteiger partial charge on any atom is 0.162 e. The van der Waals surface area contributed by atoms with Gasteiger partial charge < -0.3 is 19.5 Å². The summed E-state index contributed by atoms with van der Waals surface area (Å²) in [5, 5.41) is 15.1. The van der Waals surface area contributed by atoms with Gasteiger partial charge in [-0.05, 0) is 37.3 Å². The van der Waals surface area contributed by atoms with Crippen LogP contribution in [0.3, 0.4) is 0 Å². The van der Waals surface area contributed by atoms with E-state index in [-0.39, 0.29) is 5.78 Å². The number of benzene rings is 2. The van der Waals surface area contributed by atoms with Gasteiger partial charge in [-0.15, -0.1) is 11.3 Å². The van der Waals surface area contributed by atoms with Crippen molar-refractivity contribution in [2.75, 3.05) is 26.6 Å². The summed E-state index contributed by atoms with van der Waals surface area (Å²) in [6.45, 7) is 1.46. The minimum Gasteiger partial charge on any atom is -0.497 e. The molecule has 0 aliphatic heterocycles. The number of hydrogen-bond donors (Lipinski definition) is 1. The van der Waals surface area contributed by atoms with Gasteiger partial charge in [0.15, 0.2) is 17.3 Å². The number of methoxy groups -OCH3 is 3. The summed E-state index contributed by atoms with van der Waals surface area (Å²) in [7, 11) is 4.64. The van der Waals surface area contributed by atoms with E-state index in [1.807, 2.05) is 29.6 Å². The molecule has 0 unspecified atom stereocenters. The summed E-state index contributed by atoms with van der Waals surface area (Å²) >= 11 is 1.36. The highest BCUT2D eigenvalue weighted by atomic mass is 32.1. The molecule has 1 aromatic heterocycles. The summed E-state index contributed by atoms with van der Waals surface area (Å²) in [5.41, 5.74) is 2.95. The van der Waals surface area contributed by atoms with Gasteiger partial charge >= 0.3 is 0 Å². The summed E-state index contributed by atoms with van der Waals surface area (Å²) < 4.78 is 15.8. The quantitative estimate of drug-likeness (QED) is 0.392. The largest absolute Gasteiger partial charge is 0.497 e. The molecule has 0 fully saturated rings. The first-order valence-electron chi connectivity index (χ1n) is 9.24. The van der Waals surface area contributed by atoms with Crippen molar-refractivity contribution < 1.29 is 19.0 Å². The molecule has 158 valence electrons. The van der Waals surface area contributed by atoms with Crippen LogP contribution in [0.1, 0.15) is 22.3 Å². The van der Waals surface area contributed by atoms with Crippen molar-refractivity contribution in [1.29, 1.82) is 5.26 Å². The molecule has 31 heavy (non-hydrogen) atoms. The number of rotatable bonds is 8. The molecule has 0 radical (unpaired) electrons. The number of carbonyl (C=O) groups excluding carboxylic acids is 1. The van der Waals surface area contributed by atoms with E-state index in [1.54, 1.807) is 19.2 Å². The molecule has 0 spiro atoms. The molecule has 0 atom stereocenters. The van der Waals surface area contributed by atoms with Crippen LogP contribution in [0, 0.1) is 11.3 Å². The Kier molecular flexibility index (Phi) is 6.90. The number of ether oxygens (including phenoxy) is 3. The van der Waals surface area contributed by atoms with Crippen LogP contribution in [0.4, 0.5) is 5.69 Å².